The molecule has 0 bridgehead atoms. The highest BCUT2D eigenvalue weighted by Crippen LogP contribution is 2.24. The zero-order valence-electron chi connectivity index (χ0n) is 14.9. The largest absolute Gasteiger partial charge is 0.381 e. The van der Waals surface area contributed by atoms with Crippen LogP contribution in [0.15, 0.2) is 23.0 Å². The van der Waals surface area contributed by atoms with Gasteiger partial charge in [-0.2, -0.15) is 5.10 Å². The summed E-state index contributed by atoms with van der Waals surface area (Å²) in [6.45, 7) is 2.67. The van der Waals surface area contributed by atoms with Crippen molar-refractivity contribution in [2.45, 2.75) is 51.6 Å². The molecular formula is C19H22FN3O3. The number of aromatic amines is 1. The number of fused-ring (bicyclic) bond motifs is 1. The van der Waals surface area contributed by atoms with Crippen molar-refractivity contribution in [3.63, 3.8) is 0 Å². The number of carbonyl (C=O) groups excluding carboxylic acids is 1. The molecule has 26 heavy (non-hydrogen) atoms. The van der Waals surface area contributed by atoms with E-state index in [2.05, 4.69) is 15.5 Å². The Bertz CT molecular complexity index is 900. The van der Waals surface area contributed by atoms with E-state index in [9.17, 15) is 19.1 Å². The molecule has 0 saturated heterocycles. The molecule has 3 rings (SSSR count). The molecule has 0 aliphatic heterocycles. The minimum atomic E-state index is -1.61. The fraction of sp³-hybridized carbons (Fsp3) is 0.421. The summed E-state index contributed by atoms with van der Waals surface area (Å²) in [7, 11) is 0. The highest BCUT2D eigenvalue weighted by Gasteiger charge is 2.25. The quantitative estimate of drug-likeness (QED) is 0.779. The zero-order chi connectivity index (χ0) is 18.9. The molecule has 6 nitrogen and oxygen atoms in total. The van der Waals surface area contributed by atoms with Crippen molar-refractivity contribution in [2.75, 3.05) is 5.32 Å². The van der Waals surface area contributed by atoms with E-state index >= 15 is 0 Å². The molecule has 0 saturated carbocycles. The van der Waals surface area contributed by atoms with Crippen molar-refractivity contribution in [1.82, 2.24) is 10.2 Å². The molecule has 0 fully saturated rings. The van der Waals surface area contributed by atoms with Crippen LogP contribution >= 0.6 is 0 Å². The van der Waals surface area contributed by atoms with E-state index in [-0.39, 0.29) is 11.2 Å². The highest BCUT2D eigenvalue weighted by molar-refractivity contribution is 5.96. The standard InChI is InChI=1S/C19H22FN3O3/c1-19(2,26)18(25)21-16-10-11(7-8-14(16)20)9-15-12-5-3-4-6-13(12)17(24)23-22-15/h7-8,10,26H,3-6,9H2,1-2H3,(H,21,25)(H,23,24). The van der Waals surface area contributed by atoms with Gasteiger partial charge in [0, 0.05) is 12.0 Å². The van der Waals surface area contributed by atoms with Gasteiger partial charge in [0.15, 0.2) is 0 Å². The predicted molar refractivity (Wildman–Crippen MR) is 95.6 cm³/mol. The molecular weight excluding hydrogens is 337 g/mol. The van der Waals surface area contributed by atoms with Gasteiger partial charge in [-0.1, -0.05) is 6.07 Å². The minimum absolute atomic E-state index is 0.00733. The maximum absolute atomic E-state index is 14.0. The summed E-state index contributed by atoms with van der Waals surface area (Å²) in [6, 6.07) is 4.42. The summed E-state index contributed by atoms with van der Waals surface area (Å²) in [4.78, 5) is 23.8. The smallest absolute Gasteiger partial charge is 0.267 e. The molecule has 0 spiro atoms. The average molecular weight is 359 g/mol. The number of nitrogens with zero attached hydrogens (tertiary/aromatic N) is 1. The van der Waals surface area contributed by atoms with Crippen molar-refractivity contribution >= 4 is 11.6 Å². The Balaban J connectivity index is 1.89. The lowest BCUT2D eigenvalue weighted by Gasteiger charge is -2.18. The van der Waals surface area contributed by atoms with Gasteiger partial charge in [0.05, 0.1) is 11.4 Å². The van der Waals surface area contributed by atoms with Gasteiger partial charge in [0.2, 0.25) is 0 Å². The number of aromatic nitrogens is 2. The van der Waals surface area contributed by atoms with Crippen LogP contribution in [0.2, 0.25) is 0 Å². The Kier molecular flexibility index (Phi) is 4.91. The number of carbonyl (C=O) groups is 1. The van der Waals surface area contributed by atoms with E-state index in [1.165, 1.54) is 26.0 Å². The van der Waals surface area contributed by atoms with E-state index < -0.39 is 17.3 Å². The van der Waals surface area contributed by atoms with Crippen LogP contribution in [0, 0.1) is 5.82 Å². The van der Waals surface area contributed by atoms with Crippen molar-refractivity contribution in [1.29, 1.82) is 0 Å². The van der Waals surface area contributed by atoms with Gasteiger partial charge in [0.1, 0.15) is 11.4 Å². The molecule has 0 unspecified atom stereocenters. The Labute approximate surface area is 150 Å². The highest BCUT2D eigenvalue weighted by atomic mass is 19.1. The Hall–Kier alpha value is -2.54. The van der Waals surface area contributed by atoms with Gasteiger partial charge in [0.25, 0.3) is 11.5 Å². The molecule has 1 heterocycles. The van der Waals surface area contributed by atoms with E-state index in [1.807, 2.05) is 0 Å². The summed E-state index contributed by atoms with van der Waals surface area (Å²) in [6.07, 6.45) is 3.98. The molecule has 1 aliphatic rings. The zero-order valence-corrected chi connectivity index (χ0v) is 14.9. The van der Waals surface area contributed by atoms with Gasteiger partial charge in [-0.05, 0) is 62.8 Å². The SMILES string of the molecule is CC(C)(O)C(=O)Nc1cc(Cc2n[nH]c(=O)c3c2CCCC3)ccc1F. The van der Waals surface area contributed by atoms with Crippen LogP contribution in [0.25, 0.3) is 0 Å². The van der Waals surface area contributed by atoms with Crippen LogP contribution in [0.5, 0.6) is 0 Å². The molecule has 1 aromatic heterocycles. The lowest BCUT2D eigenvalue weighted by atomic mass is 9.90. The lowest BCUT2D eigenvalue weighted by molar-refractivity contribution is -0.130. The lowest BCUT2D eigenvalue weighted by Crippen LogP contribution is -2.36. The first-order valence-electron chi connectivity index (χ1n) is 8.67. The van der Waals surface area contributed by atoms with Crippen molar-refractivity contribution in [3.8, 4) is 0 Å². The molecule has 2 aromatic rings. The van der Waals surface area contributed by atoms with E-state index in [0.717, 1.165) is 48.1 Å². The monoisotopic (exact) mass is 359 g/mol. The van der Waals surface area contributed by atoms with Crippen LogP contribution in [0.4, 0.5) is 10.1 Å². The Morgan fingerprint density at radius 1 is 1.31 bits per heavy atom. The number of halogens is 1. The Morgan fingerprint density at radius 2 is 2.00 bits per heavy atom. The van der Waals surface area contributed by atoms with Crippen molar-refractivity contribution in [2.24, 2.45) is 0 Å². The minimum Gasteiger partial charge on any atom is -0.381 e. The third-order valence-electron chi connectivity index (χ3n) is 4.59. The molecule has 0 atom stereocenters. The molecule has 0 radical (unpaired) electrons. The van der Waals surface area contributed by atoms with Crippen molar-refractivity contribution < 1.29 is 14.3 Å². The number of benzene rings is 1. The molecule has 138 valence electrons. The van der Waals surface area contributed by atoms with Gasteiger partial charge in [-0.3, -0.25) is 9.59 Å². The first kappa shape index (κ1) is 18.3. The fourth-order valence-corrected chi connectivity index (χ4v) is 3.12. The maximum Gasteiger partial charge on any atom is 0.267 e. The number of nitrogens with one attached hydrogen (secondary N) is 2. The average Bonchev–Trinajstić information content (AvgIpc) is 2.59. The number of anilines is 1. The summed E-state index contributed by atoms with van der Waals surface area (Å²) in [5, 5.41) is 18.9. The number of hydrogen-bond donors (Lipinski definition) is 3. The van der Waals surface area contributed by atoms with E-state index in [0.29, 0.717) is 6.42 Å². The molecule has 1 amide bonds. The van der Waals surface area contributed by atoms with Gasteiger partial charge < -0.3 is 10.4 Å². The van der Waals surface area contributed by atoms with Crippen LogP contribution in [-0.4, -0.2) is 26.8 Å². The summed E-state index contributed by atoms with van der Waals surface area (Å²) >= 11 is 0. The number of aliphatic hydroxyl groups is 1. The molecule has 3 N–H and O–H groups in total. The van der Waals surface area contributed by atoms with Gasteiger partial charge in [-0.25, -0.2) is 9.49 Å². The number of rotatable bonds is 4. The van der Waals surface area contributed by atoms with Crippen molar-refractivity contribution in [3.05, 3.63) is 56.8 Å². The fourth-order valence-electron chi connectivity index (χ4n) is 3.12. The van der Waals surface area contributed by atoms with Gasteiger partial charge >= 0.3 is 0 Å². The third kappa shape index (κ3) is 3.83. The number of H-pyrrole nitrogens is 1. The number of amides is 1. The van der Waals surface area contributed by atoms with Crippen LogP contribution in [0.1, 0.15) is 49.1 Å². The first-order valence-corrected chi connectivity index (χ1v) is 8.67. The first-order chi connectivity index (χ1) is 12.3. The second kappa shape index (κ2) is 6.99. The normalized spacial score (nSPS) is 14.0. The summed E-state index contributed by atoms with van der Waals surface area (Å²) in [5.41, 5.74) is 1.55. The molecule has 7 heteroatoms. The second-order valence-electron chi connectivity index (χ2n) is 7.17. The summed E-state index contributed by atoms with van der Waals surface area (Å²) in [5.74, 6) is -1.27. The second-order valence-corrected chi connectivity index (χ2v) is 7.17. The number of hydrogen-bond acceptors (Lipinski definition) is 4. The van der Waals surface area contributed by atoms with Crippen LogP contribution in [0.3, 0.4) is 0 Å². The molecule has 1 aliphatic carbocycles. The topological polar surface area (TPSA) is 95.1 Å². The Morgan fingerprint density at radius 3 is 2.69 bits per heavy atom. The van der Waals surface area contributed by atoms with Crippen LogP contribution < -0.4 is 10.9 Å². The molecule has 1 aromatic carbocycles. The summed E-state index contributed by atoms with van der Waals surface area (Å²) < 4.78 is 14.0. The van der Waals surface area contributed by atoms with E-state index in [4.69, 9.17) is 0 Å². The predicted octanol–water partition coefficient (Wildman–Crippen LogP) is 2.09. The third-order valence-corrected chi connectivity index (χ3v) is 4.59. The van der Waals surface area contributed by atoms with Gasteiger partial charge in [-0.15, -0.1) is 0 Å². The van der Waals surface area contributed by atoms with Crippen LogP contribution in [-0.2, 0) is 24.1 Å². The van der Waals surface area contributed by atoms with E-state index in [1.54, 1.807) is 6.07 Å². The maximum atomic E-state index is 14.0.